The van der Waals surface area contributed by atoms with Crippen LogP contribution in [0.25, 0.3) is 0 Å². The summed E-state index contributed by atoms with van der Waals surface area (Å²) in [6.45, 7) is 5.66. The van der Waals surface area contributed by atoms with E-state index in [9.17, 15) is 19.2 Å². The summed E-state index contributed by atoms with van der Waals surface area (Å²) in [4.78, 5) is 46.1. The number of ketones is 2. The van der Waals surface area contributed by atoms with Crippen molar-refractivity contribution in [2.24, 2.45) is 0 Å². The SMILES string of the molecule is CC(=O)CC[C@@]1(C)OC(=O)[C@](C)(CCC(C)=O)OC1=O. The highest BCUT2D eigenvalue weighted by Crippen LogP contribution is 2.33. The van der Waals surface area contributed by atoms with Gasteiger partial charge in [0.25, 0.3) is 0 Å². The first-order valence-corrected chi connectivity index (χ1v) is 6.55. The van der Waals surface area contributed by atoms with E-state index in [1.54, 1.807) is 0 Å². The van der Waals surface area contributed by atoms with Crippen molar-refractivity contribution in [2.75, 3.05) is 0 Å². The normalized spacial score (nSPS) is 29.6. The Morgan fingerprint density at radius 1 is 0.850 bits per heavy atom. The minimum atomic E-state index is -1.43. The molecule has 0 N–H and O–H groups in total. The highest BCUT2D eigenvalue weighted by Gasteiger charge is 2.53. The quantitative estimate of drug-likeness (QED) is 0.684. The van der Waals surface area contributed by atoms with Gasteiger partial charge >= 0.3 is 11.9 Å². The molecule has 1 rings (SSSR count). The van der Waals surface area contributed by atoms with Crippen LogP contribution in [0.1, 0.15) is 53.4 Å². The van der Waals surface area contributed by atoms with Crippen LogP contribution < -0.4 is 0 Å². The van der Waals surface area contributed by atoms with Crippen LogP contribution in [-0.2, 0) is 28.7 Å². The second-order valence-electron chi connectivity index (χ2n) is 5.64. The van der Waals surface area contributed by atoms with E-state index in [1.165, 1.54) is 27.7 Å². The maximum Gasteiger partial charge on any atom is 0.351 e. The highest BCUT2D eigenvalue weighted by atomic mass is 16.7. The van der Waals surface area contributed by atoms with Gasteiger partial charge in [0, 0.05) is 25.7 Å². The summed E-state index contributed by atoms with van der Waals surface area (Å²) in [5, 5.41) is 0. The Morgan fingerprint density at radius 3 is 1.40 bits per heavy atom. The first kappa shape index (κ1) is 16.3. The van der Waals surface area contributed by atoms with Crippen molar-refractivity contribution in [3.63, 3.8) is 0 Å². The maximum absolute atomic E-state index is 12.0. The van der Waals surface area contributed by atoms with Crippen LogP contribution in [0, 0.1) is 0 Å². The number of carbonyl (C=O) groups excluding carboxylic acids is 4. The molecule has 1 heterocycles. The van der Waals surface area contributed by atoms with Gasteiger partial charge in [-0.2, -0.15) is 0 Å². The zero-order valence-corrected chi connectivity index (χ0v) is 12.3. The maximum atomic E-state index is 12.0. The lowest BCUT2D eigenvalue weighted by atomic mass is 9.92. The minimum absolute atomic E-state index is 0.0930. The lowest BCUT2D eigenvalue weighted by molar-refractivity contribution is -0.224. The zero-order chi connectivity index (χ0) is 15.6. The molecule has 2 atom stereocenters. The molecule has 0 aromatic heterocycles. The van der Waals surface area contributed by atoms with Crippen molar-refractivity contribution in [3.8, 4) is 0 Å². The van der Waals surface area contributed by atoms with Crippen molar-refractivity contribution in [2.45, 2.75) is 64.6 Å². The third-order valence-electron chi connectivity index (χ3n) is 3.41. The number of hydrogen-bond acceptors (Lipinski definition) is 6. The van der Waals surface area contributed by atoms with Gasteiger partial charge in [-0.15, -0.1) is 0 Å². The van der Waals surface area contributed by atoms with Crippen molar-refractivity contribution < 1.29 is 28.7 Å². The Kier molecular flexibility index (Phi) is 4.68. The molecule has 0 aliphatic carbocycles. The Bertz CT molecular complexity index is 413. The summed E-state index contributed by atoms with van der Waals surface area (Å²) < 4.78 is 10.4. The fraction of sp³-hybridized carbons (Fsp3) is 0.714. The number of esters is 2. The highest BCUT2D eigenvalue weighted by molar-refractivity contribution is 5.93. The van der Waals surface area contributed by atoms with Gasteiger partial charge in [0.2, 0.25) is 11.2 Å². The molecule has 0 amide bonds. The Labute approximate surface area is 117 Å². The van der Waals surface area contributed by atoms with Crippen LogP contribution in [0.5, 0.6) is 0 Å². The number of ether oxygens (including phenoxy) is 2. The fourth-order valence-electron chi connectivity index (χ4n) is 1.84. The number of hydrogen-bond donors (Lipinski definition) is 0. The predicted octanol–water partition coefficient (Wildman–Crippen LogP) is 1.34. The van der Waals surface area contributed by atoms with E-state index >= 15 is 0 Å². The molecule has 1 aliphatic rings. The van der Waals surface area contributed by atoms with E-state index in [4.69, 9.17) is 9.47 Å². The molecule has 0 saturated carbocycles. The average molecular weight is 284 g/mol. The van der Waals surface area contributed by atoms with E-state index in [2.05, 4.69) is 0 Å². The summed E-state index contributed by atoms with van der Waals surface area (Å²) in [7, 11) is 0. The molecule has 1 saturated heterocycles. The number of Topliss-reactive ketones (excluding diaryl/α,β-unsaturated/α-hetero) is 2. The molecular weight excluding hydrogens is 264 g/mol. The van der Waals surface area contributed by atoms with E-state index in [0.717, 1.165) is 0 Å². The van der Waals surface area contributed by atoms with Gasteiger partial charge in [-0.1, -0.05) is 0 Å². The summed E-state index contributed by atoms with van der Waals surface area (Å²) in [6, 6.07) is 0. The molecule has 0 unspecified atom stereocenters. The summed E-state index contributed by atoms with van der Waals surface area (Å²) in [6.07, 6.45) is 0.442. The Balaban J connectivity index is 2.79. The summed E-state index contributed by atoms with van der Waals surface area (Å²) in [5.41, 5.74) is -2.86. The topological polar surface area (TPSA) is 86.7 Å². The van der Waals surface area contributed by atoms with Crippen LogP contribution in [0.3, 0.4) is 0 Å². The van der Waals surface area contributed by atoms with Gasteiger partial charge in [0.05, 0.1) is 0 Å². The minimum Gasteiger partial charge on any atom is -0.444 e. The molecule has 6 heteroatoms. The third-order valence-corrected chi connectivity index (χ3v) is 3.41. The van der Waals surface area contributed by atoms with Gasteiger partial charge in [-0.3, -0.25) is 0 Å². The van der Waals surface area contributed by atoms with E-state index in [-0.39, 0.29) is 37.2 Å². The molecule has 0 bridgehead atoms. The van der Waals surface area contributed by atoms with Gasteiger partial charge in [-0.05, 0) is 27.7 Å². The van der Waals surface area contributed by atoms with Crippen molar-refractivity contribution in [3.05, 3.63) is 0 Å². The van der Waals surface area contributed by atoms with Crippen molar-refractivity contribution >= 4 is 23.5 Å². The standard InChI is InChI=1S/C14H20O6/c1-9(15)5-7-13(3)11(17)20-14(4,12(18)19-13)8-6-10(2)16/h5-8H2,1-4H3/t13-,14+. The lowest BCUT2D eigenvalue weighted by Crippen LogP contribution is -2.57. The van der Waals surface area contributed by atoms with Crippen LogP contribution >= 0.6 is 0 Å². The van der Waals surface area contributed by atoms with Crippen LogP contribution in [0.2, 0.25) is 0 Å². The van der Waals surface area contributed by atoms with Crippen LogP contribution in [0.15, 0.2) is 0 Å². The smallest absolute Gasteiger partial charge is 0.351 e. The molecule has 0 aromatic carbocycles. The monoisotopic (exact) mass is 284 g/mol. The molecule has 1 fully saturated rings. The van der Waals surface area contributed by atoms with Gasteiger partial charge < -0.3 is 19.1 Å². The average Bonchev–Trinajstić information content (AvgIpc) is 2.32. The molecular formula is C14H20O6. The van der Waals surface area contributed by atoms with Crippen LogP contribution in [0.4, 0.5) is 0 Å². The first-order valence-electron chi connectivity index (χ1n) is 6.55. The Hall–Kier alpha value is -1.72. The molecule has 112 valence electrons. The number of rotatable bonds is 6. The second kappa shape index (κ2) is 5.73. The lowest BCUT2D eigenvalue weighted by Gasteiger charge is -2.40. The second-order valence-corrected chi connectivity index (χ2v) is 5.64. The fourth-order valence-corrected chi connectivity index (χ4v) is 1.84. The molecule has 0 aromatic rings. The number of carbonyl (C=O) groups is 4. The van der Waals surface area contributed by atoms with Crippen molar-refractivity contribution in [1.82, 2.24) is 0 Å². The summed E-state index contributed by atoms with van der Waals surface area (Å²) >= 11 is 0. The van der Waals surface area contributed by atoms with Gasteiger partial charge in [0.15, 0.2) is 0 Å². The first-order chi connectivity index (χ1) is 9.09. The van der Waals surface area contributed by atoms with Gasteiger partial charge in [-0.25, -0.2) is 9.59 Å². The molecule has 1 aliphatic heterocycles. The molecule has 6 nitrogen and oxygen atoms in total. The van der Waals surface area contributed by atoms with E-state index < -0.39 is 23.1 Å². The largest absolute Gasteiger partial charge is 0.444 e. The van der Waals surface area contributed by atoms with E-state index in [0.29, 0.717) is 0 Å². The van der Waals surface area contributed by atoms with Crippen molar-refractivity contribution in [1.29, 1.82) is 0 Å². The molecule has 0 spiro atoms. The molecule has 20 heavy (non-hydrogen) atoms. The zero-order valence-electron chi connectivity index (χ0n) is 12.3. The summed E-state index contributed by atoms with van der Waals surface area (Å²) in [5.74, 6) is -1.55. The Morgan fingerprint density at radius 2 is 1.15 bits per heavy atom. The van der Waals surface area contributed by atoms with Crippen LogP contribution in [-0.4, -0.2) is 34.7 Å². The van der Waals surface area contributed by atoms with Gasteiger partial charge in [0.1, 0.15) is 11.6 Å². The third kappa shape index (κ3) is 3.65. The van der Waals surface area contributed by atoms with E-state index in [1.807, 2.05) is 0 Å². The number of cyclic esters (lactones) is 2. The predicted molar refractivity (Wildman–Crippen MR) is 68.8 cm³/mol. The molecule has 0 radical (unpaired) electrons.